The van der Waals surface area contributed by atoms with E-state index in [1.807, 2.05) is 43.3 Å². The first kappa shape index (κ1) is 12.8. The molecule has 0 spiro atoms. The largest absolute Gasteiger partial charge is 0.388 e. The van der Waals surface area contributed by atoms with Gasteiger partial charge in [-0.05, 0) is 34.5 Å². The lowest BCUT2D eigenvalue weighted by Gasteiger charge is -2.19. The molecule has 20 heavy (non-hydrogen) atoms. The number of aliphatic hydroxyl groups is 1. The van der Waals surface area contributed by atoms with Crippen LogP contribution in [0.5, 0.6) is 0 Å². The summed E-state index contributed by atoms with van der Waals surface area (Å²) in [6.07, 6.45) is 1.22. The van der Waals surface area contributed by atoms with E-state index in [9.17, 15) is 5.11 Å². The molecule has 1 aromatic heterocycles. The number of hydrogen-bond donors (Lipinski definition) is 1. The standard InChI is InChI=1S/C18H17NO/c1-13(17-8-4-5-11-19-17)18(20)16-10-9-14-6-2-3-7-15(14)12-16/h2-13,18,20H,1H3. The maximum atomic E-state index is 10.6. The molecule has 0 saturated heterocycles. The minimum absolute atomic E-state index is 0.0302. The van der Waals surface area contributed by atoms with Crippen LogP contribution in [0.1, 0.15) is 30.2 Å². The summed E-state index contributed by atoms with van der Waals surface area (Å²) in [6.45, 7) is 2.00. The van der Waals surface area contributed by atoms with Crippen LogP contribution < -0.4 is 0 Å². The van der Waals surface area contributed by atoms with Crippen LogP contribution in [0.4, 0.5) is 0 Å². The fourth-order valence-corrected chi connectivity index (χ4v) is 2.49. The third kappa shape index (κ3) is 2.43. The van der Waals surface area contributed by atoms with Gasteiger partial charge >= 0.3 is 0 Å². The van der Waals surface area contributed by atoms with Gasteiger partial charge in [-0.1, -0.05) is 49.4 Å². The molecule has 2 atom stereocenters. The molecule has 0 aliphatic carbocycles. The molecule has 0 aliphatic heterocycles. The molecule has 3 rings (SSSR count). The molecular formula is C18H17NO. The molecule has 1 N–H and O–H groups in total. The van der Waals surface area contributed by atoms with E-state index >= 15 is 0 Å². The van der Waals surface area contributed by atoms with E-state index in [0.717, 1.165) is 16.6 Å². The van der Waals surface area contributed by atoms with Crippen molar-refractivity contribution in [2.45, 2.75) is 18.9 Å². The van der Waals surface area contributed by atoms with Gasteiger partial charge in [-0.25, -0.2) is 0 Å². The molecule has 1 heterocycles. The maximum Gasteiger partial charge on any atom is 0.0871 e. The summed E-state index contributed by atoms with van der Waals surface area (Å²) in [5.74, 6) is -0.0302. The molecule has 0 amide bonds. The molecule has 0 fully saturated rings. The fraction of sp³-hybridized carbons (Fsp3) is 0.167. The Bertz CT molecular complexity index is 709. The van der Waals surface area contributed by atoms with Crippen molar-refractivity contribution in [2.24, 2.45) is 0 Å². The molecule has 2 unspecified atom stereocenters. The summed E-state index contributed by atoms with van der Waals surface area (Å²) in [7, 11) is 0. The highest BCUT2D eigenvalue weighted by molar-refractivity contribution is 5.83. The first-order valence-electron chi connectivity index (χ1n) is 6.83. The number of pyridine rings is 1. The lowest BCUT2D eigenvalue weighted by atomic mass is 9.93. The third-order valence-corrected chi connectivity index (χ3v) is 3.74. The first-order chi connectivity index (χ1) is 9.75. The Morgan fingerprint density at radius 2 is 1.65 bits per heavy atom. The number of aliphatic hydroxyl groups excluding tert-OH is 1. The molecule has 0 saturated carbocycles. The minimum Gasteiger partial charge on any atom is -0.388 e. The molecule has 0 bridgehead atoms. The van der Waals surface area contributed by atoms with Crippen molar-refractivity contribution in [3.8, 4) is 0 Å². The van der Waals surface area contributed by atoms with E-state index in [-0.39, 0.29) is 5.92 Å². The summed E-state index contributed by atoms with van der Waals surface area (Å²) < 4.78 is 0. The van der Waals surface area contributed by atoms with E-state index in [2.05, 4.69) is 29.2 Å². The second kappa shape index (κ2) is 5.43. The second-order valence-electron chi connectivity index (χ2n) is 5.09. The fourth-order valence-electron chi connectivity index (χ4n) is 2.49. The zero-order chi connectivity index (χ0) is 13.9. The number of aromatic nitrogens is 1. The number of benzene rings is 2. The van der Waals surface area contributed by atoms with E-state index in [1.165, 1.54) is 5.39 Å². The highest BCUT2D eigenvalue weighted by atomic mass is 16.3. The number of rotatable bonds is 3. The van der Waals surface area contributed by atoms with Crippen LogP contribution in [0.15, 0.2) is 66.9 Å². The zero-order valence-electron chi connectivity index (χ0n) is 11.4. The van der Waals surface area contributed by atoms with E-state index < -0.39 is 6.10 Å². The summed E-state index contributed by atoms with van der Waals surface area (Å²) in [5, 5.41) is 12.9. The Kier molecular flexibility index (Phi) is 3.48. The highest BCUT2D eigenvalue weighted by Gasteiger charge is 2.19. The van der Waals surface area contributed by atoms with Crippen molar-refractivity contribution in [1.29, 1.82) is 0 Å². The quantitative estimate of drug-likeness (QED) is 0.772. The predicted molar refractivity (Wildman–Crippen MR) is 81.6 cm³/mol. The van der Waals surface area contributed by atoms with Crippen LogP contribution in [0, 0.1) is 0 Å². The van der Waals surface area contributed by atoms with E-state index in [0.29, 0.717) is 0 Å². The van der Waals surface area contributed by atoms with Crippen molar-refractivity contribution < 1.29 is 5.11 Å². The Hall–Kier alpha value is -2.19. The van der Waals surface area contributed by atoms with Crippen LogP contribution in [-0.2, 0) is 0 Å². The lowest BCUT2D eigenvalue weighted by Crippen LogP contribution is -2.09. The monoisotopic (exact) mass is 263 g/mol. The summed E-state index contributed by atoms with van der Waals surface area (Å²) in [6, 6.07) is 20.1. The van der Waals surface area contributed by atoms with Gasteiger partial charge in [-0.2, -0.15) is 0 Å². The predicted octanol–water partition coefficient (Wildman–Crippen LogP) is 4.07. The Morgan fingerprint density at radius 3 is 2.40 bits per heavy atom. The highest BCUT2D eigenvalue weighted by Crippen LogP contribution is 2.30. The Labute approximate surface area is 118 Å². The molecule has 100 valence electrons. The van der Waals surface area contributed by atoms with E-state index in [4.69, 9.17) is 0 Å². The summed E-state index contributed by atoms with van der Waals surface area (Å²) in [4.78, 5) is 4.33. The Balaban J connectivity index is 1.94. The normalized spacial score (nSPS) is 14.1. The second-order valence-corrected chi connectivity index (χ2v) is 5.09. The zero-order valence-corrected chi connectivity index (χ0v) is 11.4. The van der Waals surface area contributed by atoms with Crippen molar-refractivity contribution >= 4 is 10.8 Å². The first-order valence-corrected chi connectivity index (χ1v) is 6.83. The van der Waals surface area contributed by atoms with Crippen molar-refractivity contribution in [1.82, 2.24) is 4.98 Å². The summed E-state index contributed by atoms with van der Waals surface area (Å²) >= 11 is 0. The van der Waals surface area contributed by atoms with Gasteiger partial charge in [0.1, 0.15) is 0 Å². The third-order valence-electron chi connectivity index (χ3n) is 3.74. The number of fused-ring (bicyclic) bond motifs is 1. The SMILES string of the molecule is CC(c1ccccn1)C(O)c1ccc2ccccc2c1. The van der Waals surface area contributed by atoms with Crippen LogP contribution in [-0.4, -0.2) is 10.1 Å². The molecule has 2 aromatic carbocycles. The molecular weight excluding hydrogens is 246 g/mol. The van der Waals surface area contributed by atoms with Gasteiger partial charge < -0.3 is 5.11 Å². The average molecular weight is 263 g/mol. The van der Waals surface area contributed by atoms with E-state index in [1.54, 1.807) is 6.20 Å². The van der Waals surface area contributed by atoms with Gasteiger partial charge in [0.05, 0.1) is 6.10 Å². The van der Waals surface area contributed by atoms with Crippen molar-refractivity contribution in [3.63, 3.8) is 0 Å². The number of nitrogens with zero attached hydrogens (tertiary/aromatic N) is 1. The lowest BCUT2D eigenvalue weighted by molar-refractivity contribution is 0.150. The van der Waals surface area contributed by atoms with Crippen LogP contribution in [0.3, 0.4) is 0 Å². The maximum absolute atomic E-state index is 10.6. The Morgan fingerprint density at radius 1 is 0.900 bits per heavy atom. The van der Waals surface area contributed by atoms with Gasteiger partial charge in [0.25, 0.3) is 0 Å². The van der Waals surface area contributed by atoms with Gasteiger partial charge in [0.15, 0.2) is 0 Å². The topological polar surface area (TPSA) is 33.1 Å². The van der Waals surface area contributed by atoms with Gasteiger partial charge in [0, 0.05) is 17.8 Å². The molecule has 2 nitrogen and oxygen atoms in total. The molecule has 2 heteroatoms. The van der Waals surface area contributed by atoms with Gasteiger partial charge in [-0.15, -0.1) is 0 Å². The molecule has 0 aliphatic rings. The summed E-state index contributed by atoms with van der Waals surface area (Å²) in [5.41, 5.74) is 1.84. The van der Waals surface area contributed by atoms with Crippen molar-refractivity contribution in [2.75, 3.05) is 0 Å². The molecule has 0 radical (unpaired) electrons. The molecule has 3 aromatic rings. The number of hydrogen-bond acceptors (Lipinski definition) is 2. The smallest absolute Gasteiger partial charge is 0.0871 e. The van der Waals surface area contributed by atoms with Gasteiger partial charge in [0.2, 0.25) is 0 Å². The van der Waals surface area contributed by atoms with Crippen molar-refractivity contribution in [3.05, 3.63) is 78.1 Å². The van der Waals surface area contributed by atoms with Crippen LogP contribution in [0.25, 0.3) is 10.8 Å². The van der Waals surface area contributed by atoms with Gasteiger partial charge in [-0.3, -0.25) is 4.98 Å². The van der Waals surface area contributed by atoms with Crippen LogP contribution >= 0.6 is 0 Å². The minimum atomic E-state index is -0.547. The average Bonchev–Trinajstić information content (AvgIpc) is 2.54. The van der Waals surface area contributed by atoms with Crippen LogP contribution in [0.2, 0.25) is 0 Å².